The average molecular weight is 698 g/mol. The number of rotatable bonds is 22. The first kappa shape index (κ1) is 41.3. The summed E-state index contributed by atoms with van der Waals surface area (Å²) >= 11 is 1.32. The van der Waals surface area contributed by atoms with Crippen LogP contribution in [0.3, 0.4) is 0 Å². The Labute approximate surface area is 280 Å². The van der Waals surface area contributed by atoms with E-state index in [0.29, 0.717) is 11.3 Å². The van der Waals surface area contributed by atoms with Crippen molar-refractivity contribution in [2.45, 2.75) is 75.3 Å². The smallest absolute Gasteiger partial charge is 0.326 e. The van der Waals surface area contributed by atoms with Crippen LogP contribution in [0.2, 0.25) is 0 Å². The molecule has 6 atom stereocenters. The Morgan fingerprint density at radius 1 is 0.729 bits per heavy atom. The maximum Gasteiger partial charge on any atom is 0.326 e. The quantitative estimate of drug-likeness (QED) is 0.0565. The van der Waals surface area contributed by atoms with Crippen molar-refractivity contribution in [3.63, 3.8) is 0 Å². The number of aliphatic carboxylic acids is 2. The summed E-state index contributed by atoms with van der Waals surface area (Å²) < 4.78 is 0. The summed E-state index contributed by atoms with van der Waals surface area (Å²) in [4.78, 5) is 98.9. The van der Waals surface area contributed by atoms with E-state index in [-0.39, 0.29) is 25.7 Å². The third kappa shape index (κ3) is 15.2. The summed E-state index contributed by atoms with van der Waals surface area (Å²) in [6, 6.07) is -0.138. The van der Waals surface area contributed by atoms with E-state index in [9.17, 15) is 48.6 Å². The Hall–Kier alpha value is -4.75. The second-order valence-corrected chi connectivity index (χ2v) is 11.7. The van der Waals surface area contributed by atoms with Crippen LogP contribution in [0.4, 0.5) is 0 Å². The summed E-state index contributed by atoms with van der Waals surface area (Å²) in [6.45, 7) is 0.413. The summed E-state index contributed by atoms with van der Waals surface area (Å²) in [7, 11) is 0. The van der Waals surface area contributed by atoms with Gasteiger partial charge in [-0.1, -0.05) is 30.3 Å². The molecule has 0 aliphatic carbocycles. The third-order valence-corrected chi connectivity index (χ3v) is 7.34. The van der Waals surface area contributed by atoms with E-state index in [1.807, 2.05) is 0 Å². The van der Waals surface area contributed by atoms with Gasteiger partial charge < -0.3 is 53.4 Å². The minimum atomic E-state index is -1.78. The number of amides is 6. The minimum Gasteiger partial charge on any atom is -0.481 e. The number of carboxylic acid groups (broad SMARTS) is 2. The number of thioether (sulfide) groups is 1. The number of aliphatic hydroxyl groups is 1. The number of carbonyl (C=O) groups is 8. The largest absolute Gasteiger partial charge is 0.481 e. The molecule has 0 aliphatic rings. The number of carbonyl (C=O) groups excluding carboxylic acids is 6. The van der Waals surface area contributed by atoms with Gasteiger partial charge >= 0.3 is 11.9 Å². The van der Waals surface area contributed by atoms with Crippen molar-refractivity contribution >= 4 is 59.1 Å². The Morgan fingerprint density at radius 2 is 1.21 bits per heavy atom. The van der Waals surface area contributed by atoms with Crippen LogP contribution in [-0.4, -0.2) is 118 Å². The molecule has 6 amide bonds. The number of nitrogens with one attached hydrogen (secondary N) is 5. The van der Waals surface area contributed by atoms with Crippen LogP contribution >= 0.6 is 11.8 Å². The Kier molecular flexibility index (Phi) is 18.2. The third-order valence-electron chi connectivity index (χ3n) is 6.69. The lowest BCUT2D eigenvalue weighted by atomic mass is 10.0. The minimum absolute atomic E-state index is 0.0132. The van der Waals surface area contributed by atoms with Gasteiger partial charge in [0.1, 0.15) is 30.2 Å². The lowest BCUT2D eigenvalue weighted by Gasteiger charge is -2.26. The summed E-state index contributed by atoms with van der Waals surface area (Å²) in [5, 5.41) is 40.0. The van der Waals surface area contributed by atoms with E-state index in [2.05, 4.69) is 26.6 Å². The van der Waals surface area contributed by atoms with E-state index in [4.69, 9.17) is 16.6 Å². The van der Waals surface area contributed by atoms with Crippen LogP contribution in [0.1, 0.15) is 38.2 Å². The number of hydrogen-bond donors (Lipinski definition) is 10. The molecule has 1 aromatic rings. The molecule has 18 nitrogen and oxygen atoms in total. The van der Waals surface area contributed by atoms with Gasteiger partial charge in [-0.2, -0.15) is 11.8 Å². The highest BCUT2D eigenvalue weighted by atomic mass is 32.2. The number of carboxylic acids is 2. The first-order chi connectivity index (χ1) is 22.6. The van der Waals surface area contributed by atoms with Gasteiger partial charge in [0, 0.05) is 12.8 Å². The van der Waals surface area contributed by atoms with Crippen LogP contribution in [0, 0.1) is 0 Å². The van der Waals surface area contributed by atoms with E-state index in [0.717, 1.165) is 0 Å². The normalized spacial score (nSPS) is 14.5. The monoisotopic (exact) mass is 697 g/mol. The molecule has 0 heterocycles. The predicted molar refractivity (Wildman–Crippen MR) is 172 cm³/mol. The van der Waals surface area contributed by atoms with Gasteiger partial charge in [-0.25, -0.2) is 4.79 Å². The Balaban J connectivity index is 3.25. The maximum absolute atomic E-state index is 13.6. The lowest BCUT2D eigenvalue weighted by molar-refractivity contribution is -0.147. The summed E-state index contributed by atoms with van der Waals surface area (Å²) in [5.41, 5.74) is 11.3. The zero-order valence-corrected chi connectivity index (χ0v) is 27.3. The fourth-order valence-electron chi connectivity index (χ4n) is 4.08. The van der Waals surface area contributed by atoms with E-state index in [1.165, 1.54) is 18.7 Å². The van der Waals surface area contributed by atoms with E-state index in [1.54, 1.807) is 36.6 Å². The molecule has 0 fully saturated rings. The fourth-order valence-corrected chi connectivity index (χ4v) is 4.55. The molecule has 0 saturated heterocycles. The van der Waals surface area contributed by atoms with Gasteiger partial charge in [0.05, 0.1) is 19.1 Å². The zero-order chi connectivity index (χ0) is 36.4. The fraction of sp³-hybridized carbons (Fsp3) is 0.517. The highest BCUT2D eigenvalue weighted by Gasteiger charge is 2.33. The molecule has 1 rings (SSSR count). The zero-order valence-electron chi connectivity index (χ0n) is 26.5. The van der Waals surface area contributed by atoms with E-state index >= 15 is 0 Å². The van der Waals surface area contributed by atoms with Crippen LogP contribution in [0.15, 0.2) is 30.3 Å². The molecular weight excluding hydrogens is 654 g/mol. The molecule has 0 radical (unpaired) electrons. The van der Waals surface area contributed by atoms with E-state index < -0.39 is 96.7 Å². The number of primary amides is 1. The molecule has 0 unspecified atom stereocenters. The Morgan fingerprint density at radius 3 is 1.71 bits per heavy atom. The molecule has 0 spiro atoms. The standard InChI is InChI=1S/C29H43N7O11S/c1-15(30)24(41)32-17(8-9-22(31)38)25(42)36-21(14-37)28(45)34-19(12-16-6-4-3-5-7-16)27(44)33-18(10-11-48-2)26(43)35-20(29(46)47)13-23(39)40/h3-7,15,17-21,37H,8-14,30H2,1-2H3,(H2,31,38)(H,32,41)(H,33,44)(H,34,45)(H,35,43)(H,36,42)(H,39,40)(H,46,47)/t15-,17-,18-,19-,20-,21-/m0/s1. The first-order valence-electron chi connectivity index (χ1n) is 14.7. The molecule has 0 bridgehead atoms. The number of hydrogen-bond acceptors (Lipinski definition) is 11. The van der Waals surface area contributed by atoms with Crippen molar-refractivity contribution in [3.8, 4) is 0 Å². The molecule has 0 saturated carbocycles. The molecule has 48 heavy (non-hydrogen) atoms. The summed E-state index contributed by atoms with van der Waals surface area (Å²) in [6.07, 6.45) is 0.157. The molecule has 19 heteroatoms. The molecule has 266 valence electrons. The predicted octanol–water partition coefficient (Wildman–Crippen LogP) is -3.43. The summed E-state index contributed by atoms with van der Waals surface area (Å²) in [5.74, 6) is -8.06. The van der Waals surface area contributed by atoms with Crippen LogP contribution in [0.5, 0.6) is 0 Å². The van der Waals surface area contributed by atoms with Crippen molar-refractivity contribution < 1.29 is 53.7 Å². The second-order valence-electron chi connectivity index (χ2n) is 10.7. The highest BCUT2D eigenvalue weighted by Crippen LogP contribution is 2.08. The number of benzene rings is 1. The Bertz CT molecular complexity index is 1300. The van der Waals surface area contributed by atoms with Crippen LogP contribution < -0.4 is 38.1 Å². The van der Waals surface area contributed by atoms with Gasteiger partial charge in [-0.15, -0.1) is 0 Å². The molecule has 1 aromatic carbocycles. The molecular formula is C29H43N7O11S. The van der Waals surface area contributed by atoms with Crippen LogP contribution in [0.25, 0.3) is 0 Å². The topological polar surface area (TPSA) is 309 Å². The van der Waals surface area contributed by atoms with Gasteiger partial charge in [-0.3, -0.25) is 33.6 Å². The first-order valence-corrected chi connectivity index (χ1v) is 16.1. The molecule has 0 aliphatic heterocycles. The maximum atomic E-state index is 13.6. The molecule has 12 N–H and O–H groups in total. The van der Waals surface area contributed by atoms with Gasteiger partial charge in [0.15, 0.2) is 0 Å². The lowest BCUT2D eigenvalue weighted by Crippen LogP contribution is -2.60. The van der Waals surface area contributed by atoms with Crippen molar-refractivity contribution in [2.75, 3.05) is 18.6 Å². The van der Waals surface area contributed by atoms with Crippen molar-refractivity contribution in [1.29, 1.82) is 0 Å². The van der Waals surface area contributed by atoms with Crippen molar-refractivity contribution in [1.82, 2.24) is 26.6 Å². The van der Waals surface area contributed by atoms with Gasteiger partial charge in [0.2, 0.25) is 35.4 Å². The van der Waals surface area contributed by atoms with Gasteiger partial charge in [-0.05, 0) is 37.3 Å². The highest BCUT2D eigenvalue weighted by molar-refractivity contribution is 7.98. The molecule has 0 aromatic heterocycles. The SMILES string of the molecule is CSCC[C@H](NC(=O)[C@H](Cc1ccccc1)NC(=O)[C@H](CO)NC(=O)[C@H](CCC(N)=O)NC(=O)[C@H](C)N)C(=O)N[C@@H](CC(=O)O)C(=O)O. The second kappa shape index (κ2) is 21.2. The number of nitrogens with two attached hydrogens (primary N) is 2. The average Bonchev–Trinajstić information content (AvgIpc) is 3.02. The number of aliphatic hydroxyl groups excluding tert-OH is 1. The van der Waals surface area contributed by atoms with Crippen molar-refractivity contribution in [2.24, 2.45) is 11.5 Å². The van der Waals surface area contributed by atoms with Gasteiger partial charge in [0.25, 0.3) is 0 Å². The van der Waals surface area contributed by atoms with Crippen LogP contribution in [-0.2, 0) is 44.8 Å². The van der Waals surface area contributed by atoms with Crippen molar-refractivity contribution in [3.05, 3.63) is 35.9 Å².